The van der Waals surface area contributed by atoms with Gasteiger partial charge in [0.2, 0.25) is 5.91 Å². The fraction of sp³-hybridized carbons (Fsp3) is 0.160. The van der Waals surface area contributed by atoms with Crippen LogP contribution in [-0.4, -0.2) is 35.1 Å². The van der Waals surface area contributed by atoms with Crippen LogP contribution < -0.4 is 5.32 Å². The largest absolute Gasteiger partial charge is 0.508 e. The summed E-state index contributed by atoms with van der Waals surface area (Å²) in [6.07, 6.45) is 1.59. The van der Waals surface area contributed by atoms with Gasteiger partial charge in [-0.25, -0.2) is 0 Å². The Hall–Kier alpha value is -3.73. The number of aliphatic imine (C=N–C) groups is 2. The summed E-state index contributed by atoms with van der Waals surface area (Å²) in [5.74, 6) is 0.0699. The molecule has 1 amide bonds. The standard InChI is InChI=1S/C19H19N3O2.C6H6/c1-13-19(20-12-17(21-13)15-5-3-2-4-6-15)22-18(24)11-14-7-9-16(23)10-8-14;1-2-4-6-5-3-1/h2-10,12-13,19,23H,11H2,1H3,(H,22,24);1-6H. The van der Waals surface area contributed by atoms with E-state index in [0.717, 1.165) is 16.8 Å². The summed E-state index contributed by atoms with van der Waals surface area (Å²) in [6.45, 7) is 1.94. The van der Waals surface area contributed by atoms with Crippen molar-refractivity contribution in [2.45, 2.75) is 25.6 Å². The lowest BCUT2D eigenvalue weighted by Crippen LogP contribution is -2.43. The van der Waals surface area contributed by atoms with E-state index >= 15 is 0 Å². The maximum Gasteiger partial charge on any atom is 0.226 e. The molecular formula is C25H25N3O2. The van der Waals surface area contributed by atoms with Crippen LogP contribution in [0.2, 0.25) is 0 Å². The zero-order valence-electron chi connectivity index (χ0n) is 16.8. The summed E-state index contributed by atoms with van der Waals surface area (Å²) >= 11 is 0. The molecule has 2 unspecified atom stereocenters. The van der Waals surface area contributed by atoms with Crippen LogP contribution in [-0.2, 0) is 11.2 Å². The van der Waals surface area contributed by atoms with Gasteiger partial charge in [-0.05, 0) is 24.6 Å². The molecule has 3 aromatic rings. The zero-order valence-corrected chi connectivity index (χ0v) is 16.8. The summed E-state index contributed by atoms with van der Waals surface area (Å²) in [4.78, 5) is 21.2. The summed E-state index contributed by atoms with van der Waals surface area (Å²) < 4.78 is 0. The molecule has 2 N–H and O–H groups in total. The Balaban J connectivity index is 0.000000367. The molecule has 30 heavy (non-hydrogen) atoms. The average molecular weight is 399 g/mol. The summed E-state index contributed by atoms with van der Waals surface area (Å²) in [5, 5.41) is 12.2. The maximum atomic E-state index is 12.2. The van der Waals surface area contributed by atoms with Gasteiger partial charge in [0.15, 0.2) is 0 Å². The highest BCUT2D eigenvalue weighted by atomic mass is 16.3. The molecule has 5 heteroatoms. The normalized spacial score (nSPS) is 17.3. The van der Waals surface area contributed by atoms with Crippen LogP contribution in [0.1, 0.15) is 18.1 Å². The van der Waals surface area contributed by atoms with Crippen molar-refractivity contribution in [3.63, 3.8) is 0 Å². The van der Waals surface area contributed by atoms with Crippen molar-refractivity contribution < 1.29 is 9.90 Å². The molecule has 1 heterocycles. The van der Waals surface area contributed by atoms with Gasteiger partial charge in [0.25, 0.3) is 0 Å². The van der Waals surface area contributed by atoms with Gasteiger partial charge in [-0.3, -0.25) is 14.8 Å². The Morgan fingerprint density at radius 1 is 0.900 bits per heavy atom. The predicted octanol–water partition coefficient (Wildman–Crippen LogP) is 4.03. The van der Waals surface area contributed by atoms with Gasteiger partial charge >= 0.3 is 0 Å². The lowest BCUT2D eigenvalue weighted by molar-refractivity contribution is -0.121. The number of carbonyl (C=O) groups is 1. The van der Waals surface area contributed by atoms with Gasteiger partial charge in [-0.1, -0.05) is 78.9 Å². The van der Waals surface area contributed by atoms with Gasteiger partial charge < -0.3 is 10.4 Å². The van der Waals surface area contributed by atoms with Crippen LogP contribution in [0.3, 0.4) is 0 Å². The molecule has 152 valence electrons. The molecule has 0 radical (unpaired) electrons. The van der Waals surface area contributed by atoms with E-state index in [4.69, 9.17) is 0 Å². The zero-order chi connectivity index (χ0) is 21.2. The number of aromatic hydroxyl groups is 1. The van der Waals surface area contributed by atoms with E-state index in [1.54, 1.807) is 30.5 Å². The molecule has 2 atom stereocenters. The number of phenolic OH excluding ortho intramolecular Hbond substituents is 1. The molecule has 0 bridgehead atoms. The number of hydrogen-bond acceptors (Lipinski definition) is 4. The first kappa shape index (κ1) is 21.0. The lowest BCUT2D eigenvalue weighted by Gasteiger charge is -2.23. The van der Waals surface area contributed by atoms with Crippen LogP contribution in [0.15, 0.2) is 101 Å². The number of amides is 1. The molecular weight excluding hydrogens is 374 g/mol. The molecule has 3 aromatic carbocycles. The number of nitrogens with one attached hydrogen (secondary N) is 1. The molecule has 5 nitrogen and oxygen atoms in total. The Morgan fingerprint density at radius 3 is 2.03 bits per heavy atom. The highest BCUT2D eigenvalue weighted by Gasteiger charge is 2.21. The summed E-state index contributed by atoms with van der Waals surface area (Å²) in [6, 6.07) is 28.3. The van der Waals surface area contributed by atoms with E-state index in [9.17, 15) is 9.90 Å². The smallest absolute Gasteiger partial charge is 0.226 e. The second-order valence-corrected chi connectivity index (χ2v) is 6.91. The minimum absolute atomic E-state index is 0.118. The van der Waals surface area contributed by atoms with Gasteiger partial charge in [0, 0.05) is 11.8 Å². The van der Waals surface area contributed by atoms with Crippen molar-refractivity contribution in [2.24, 2.45) is 9.98 Å². The van der Waals surface area contributed by atoms with E-state index in [-0.39, 0.29) is 30.3 Å². The predicted molar refractivity (Wildman–Crippen MR) is 121 cm³/mol. The molecule has 0 aromatic heterocycles. The first-order valence-electron chi connectivity index (χ1n) is 9.85. The first-order valence-corrected chi connectivity index (χ1v) is 9.85. The van der Waals surface area contributed by atoms with Crippen molar-refractivity contribution in [3.05, 3.63) is 102 Å². The van der Waals surface area contributed by atoms with E-state index in [1.165, 1.54) is 0 Å². The van der Waals surface area contributed by atoms with Gasteiger partial charge in [-0.15, -0.1) is 0 Å². The summed E-state index contributed by atoms with van der Waals surface area (Å²) in [5.41, 5.74) is 2.68. The third-order valence-corrected chi connectivity index (χ3v) is 4.50. The fourth-order valence-corrected chi connectivity index (χ4v) is 2.91. The molecule has 0 saturated heterocycles. The molecule has 0 aliphatic carbocycles. The minimum Gasteiger partial charge on any atom is -0.508 e. The Morgan fingerprint density at radius 2 is 1.47 bits per heavy atom. The van der Waals surface area contributed by atoms with Crippen molar-refractivity contribution in [1.29, 1.82) is 0 Å². The Kier molecular flexibility index (Phi) is 7.50. The SMILES string of the molecule is CC1N=C(c2ccccc2)C=NC1NC(=O)Cc1ccc(O)cc1.c1ccccc1. The van der Waals surface area contributed by atoms with Crippen molar-refractivity contribution in [2.75, 3.05) is 0 Å². The monoisotopic (exact) mass is 399 g/mol. The van der Waals surface area contributed by atoms with Crippen molar-refractivity contribution in [3.8, 4) is 5.75 Å². The van der Waals surface area contributed by atoms with Crippen LogP contribution in [0.25, 0.3) is 0 Å². The van der Waals surface area contributed by atoms with Crippen LogP contribution >= 0.6 is 0 Å². The second-order valence-electron chi connectivity index (χ2n) is 6.91. The molecule has 0 saturated carbocycles. The number of hydrogen-bond donors (Lipinski definition) is 2. The fourth-order valence-electron chi connectivity index (χ4n) is 2.91. The first-order chi connectivity index (χ1) is 14.6. The Bertz CT molecular complexity index is 957. The summed E-state index contributed by atoms with van der Waals surface area (Å²) in [7, 11) is 0. The highest BCUT2D eigenvalue weighted by Crippen LogP contribution is 2.12. The van der Waals surface area contributed by atoms with Gasteiger partial charge in [-0.2, -0.15) is 0 Å². The Labute approximate surface area is 176 Å². The third-order valence-electron chi connectivity index (χ3n) is 4.50. The second kappa shape index (κ2) is 10.7. The molecule has 1 aliphatic heterocycles. The van der Waals surface area contributed by atoms with E-state index < -0.39 is 0 Å². The van der Waals surface area contributed by atoms with Gasteiger partial charge in [0.1, 0.15) is 11.9 Å². The van der Waals surface area contributed by atoms with Crippen LogP contribution in [0.4, 0.5) is 0 Å². The molecule has 0 fully saturated rings. The molecule has 4 rings (SSSR count). The number of rotatable bonds is 4. The maximum absolute atomic E-state index is 12.2. The lowest BCUT2D eigenvalue weighted by atomic mass is 10.1. The van der Waals surface area contributed by atoms with Crippen molar-refractivity contribution >= 4 is 17.8 Å². The third kappa shape index (κ3) is 6.41. The number of benzene rings is 3. The molecule has 0 spiro atoms. The van der Waals surface area contributed by atoms with Crippen molar-refractivity contribution in [1.82, 2.24) is 5.32 Å². The number of phenols is 1. The average Bonchev–Trinajstić information content (AvgIpc) is 2.79. The highest BCUT2D eigenvalue weighted by molar-refractivity contribution is 6.38. The minimum atomic E-state index is -0.359. The van der Waals surface area contributed by atoms with Crippen LogP contribution in [0, 0.1) is 0 Å². The van der Waals surface area contributed by atoms with Gasteiger partial charge in [0.05, 0.1) is 18.2 Å². The van der Waals surface area contributed by atoms with E-state index in [2.05, 4.69) is 15.3 Å². The van der Waals surface area contributed by atoms with E-state index in [0.29, 0.717) is 0 Å². The molecule has 1 aliphatic rings. The number of nitrogens with zero attached hydrogens (tertiary/aromatic N) is 2. The number of carbonyl (C=O) groups excluding carboxylic acids is 1. The quantitative estimate of drug-likeness (QED) is 0.695. The van der Waals surface area contributed by atoms with E-state index in [1.807, 2.05) is 73.7 Å². The van der Waals surface area contributed by atoms with Crippen LogP contribution in [0.5, 0.6) is 5.75 Å². The topological polar surface area (TPSA) is 74.0 Å².